The van der Waals surface area contributed by atoms with Crippen LogP contribution >= 0.6 is 0 Å². The second-order valence-corrected chi connectivity index (χ2v) is 9.36. The van der Waals surface area contributed by atoms with Crippen molar-refractivity contribution in [1.82, 2.24) is 14.8 Å². The summed E-state index contributed by atoms with van der Waals surface area (Å²) in [7, 11) is 1.83. The maximum absolute atomic E-state index is 12.3. The van der Waals surface area contributed by atoms with Crippen molar-refractivity contribution in [3.05, 3.63) is 41.9 Å². The second kappa shape index (κ2) is 7.95. The highest BCUT2D eigenvalue weighted by molar-refractivity contribution is 5.73. The van der Waals surface area contributed by atoms with Gasteiger partial charge in [0.15, 0.2) is 0 Å². The minimum Gasteiger partial charge on any atom is -0.488 e. The van der Waals surface area contributed by atoms with Gasteiger partial charge in [-0.1, -0.05) is 0 Å². The number of aromatic nitrogens is 1. The van der Waals surface area contributed by atoms with E-state index in [1.807, 2.05) is 40.1 Å². The summed E-state index contributed by atoms with van der Waals surface area (Å²) in [5, 5.41) is 10.0. The Labute approximate surface area is 178 Å². The fourth-order valence-corrected chi connectivity index (χ4v) is 4.16. The first kappa shape index (κ1) is 20.7. The van der Waals surface area contributed by atoms with Crippen LogP contribution in [0.25, 0.3) is 5.57 Å². The molecule has 1 N–H and O–H groups in total. The fourth-order valence-electron chi connectivity index (χ4n) is 4.16. The Bertz CT molecular complexity index is 866. The van der Waals surface area contributed by atoms with Crippen molar-refractivity contribution in [2.24, 2.45) is 5.92 Å². The number of aliphatic hydroxyl groups is 1. The molecule has 0 bridgehead atoms. The molecule has 0 spiro atoms. The Morgan fingerprint density at radius 1 is 1.30 bits per heavy atom. The van der Waals surface area contributed by atoms with E-state index < -0.39 is 11.8 Å². The number of rotatable bonds is 2. The first-order chi connectivity index (χ1) is 14.2. The molecule has 2 unspecified atom stereocenters. The van der Waals surface area contributed by atoms with Crippen LogP contribution in [0.1, 0.15) is 44.9 Å². The number of ether oxygens (including phenoxy) is 2. The largest absolute Gasteiger partial charge is 0.488 e. The third kappa shape index (κ3) is 4.46. The van der Waals surface area contributed by atoms with Gasteiger partial charge in [0.1, 0.15) is 23.7 Å². The van der Waals surface area contributed by atoms with Crippen molar-refractivity contribution >= 4 is 11.7 Å². The number of amides is 1. The molecule has 1 aromatic rings. The first-order valence-electron chi connectivity index (χ1n) is 10.6. The van der Waals surface area contributed by atoms with E-state index in [4.69, 9.17) is 9.47 Å². The number of carbonyl (C=O) groups is 1. The van der Waals surface area contributed by atoms with Gasteiger partial charge in [-0.05, 0) is 57.7 Å². The zero-order valence-electron chi connectivity index (χ0n) is 18.2. The molecule has 4 heterocycles. The molecule has 3 aliphatic heterocycles. The maximum atomic E-state index is 12.3. The van der Waals surface area contributed by atoms with Crippen molar-refractivity contribution in [1.29, 1.82) is 0 Å². The summed E-state index contributed by atoms with van der Waals surface area (Å²) in [6.07, 6.45) is 9.32. The van der Waals surface area contributed by atoms with Gasteiger partial charge in [-0.15, -0.1) is 0 Å². The van der Waals surface area contributed by atoms with Crippen molar-refractivity contribution in [3.63, 3.8) is 0 Å². The number of pyridine rings is 1. The molecule has 1 aromatic heterocycles. The molecule has 2 atom stereocenters. The molecular formula is C23H31N3O4. The van der Waals surface area contributed by atoms with Crippen molar-refractivity contribution in [2.75, 3.05) is 20.1 Å². The van der Waals surface area contributed by atoms with Crippen LogP contribution in [0.15, 0.2) is 30.6 Å². The Kier molecular flexibility index (Phi) is 5.49. The van der Waals surface area contributed by atoms with Gasteiger partial charge in [0.05, 0.1) is 11.9 Å². The maximum Gasteiger partial charge on any atom is 0.410 e. The summed E-state index contributed by atoms with van der Waals surface area (Å²) < 4.78 is 11.7. The van der Waals surface area contributed by atoms with Gasteiger partial charge in [0.2, 0.25) is 0 Å². The Hall–Kier alpha value is -2.54. The minimum absolute atomic E-state index is 0.116. The molecular weight excluding hydrogens is 382 g/mol. The number of likely N-dealkylation sites (N-methyl/N-ethyl adjacent to an activating group) is 1. The van der Waals surface area contributed by atoms with Crippen LogP contribution in [0.5, 0.6) is 5.75 Å². The van der Waals surface area contributed by atoms with Gasteiger partial charge in [-0.25, -0.2) is 4.79 Å². The van der Waals surface area contributed by atoms with Crippen molar-refractivity contribution in [2.45, 2.75) is 58.0 Å². The lowest BCUT2D eigenvalue weighted by molar-refractivity contribution is 0.0123. The normalized spacial score (nSPS) is 24.4. The Morgan fingerprint density at radius 3 is 2.70 bits per heavy atom. The third-order valence-corrected chi connectivity index (χ3v) is 5.90. The number of nitrogens with zero attached hydrogens (tertiary/aromatic N) is 3. The number of fused-ring (bicyclic) bond motifs is 1. The zero-order valence-corrected chi connectivity index (χ0v) is 18.2. The quantitative estimate of drug-likeness (QED) is 0.803. The number of aliphatic hydroxyl groups excluding tert-OH is 1. The number of hydrogen-bond donors (Lipinski definition) is 1. The second-order valence-electron chi connectivity index (χ2n) is 9.36. The number of allylic oxidation sites excluding steroid dienone is 2. The van der Waals surface area contributed by atoms with E-state index >= 15 is 0 Å². The van der Waals surface area contributed by atoms with Crippen LogP contribution in [0.3, 0.4) is 0 Å². The van der Waals surface area contributed by atoms with E-state index in [1.54, 1.807) is 22.1 Å². The van der Waals surface area contributed by atoms with E-state index in [2.05, 4.69) is 11.1 Å². The fraction of sp³-hybridized carbons (Fsp3) is 0.565. The van der Waals surface area contributed by atoms with E-state index in [-0.39, 0.29) is 12.2 Å². The molecule has 30 heavy (non-hydrogen) atoms. The number of likely N-dealkylation sites (tertiary alicyclic amines) is 1. The summed E-state index contributed by atoms with van der Waals surface area (Å²) >= 11 is 0. The molecule has 7 nitrogen and oxygen atoms in total. The summed E-state index contributed by atoms with van der Waals surface area (Å²) in [6.45, 7) is 7.07. The third-order valence-electron chi connectivity index (χ3n) is 5.90. The van der Waals surface area contributed by atoms with E-state index in [0.717, 1.165) is 41.8 Å². The summed E-state index contributed by atoms with van der Waals surface area (Å²) in [6, 6.07) is 2.07. The monoisotopic (exact) mass is 413 g/mol. The molecule has 1 saturated heterocycles. The van der Waals surface area contributed by atoms with Gasteiger partial charge in [0.25, 0.3) is 0 Å². The Morgan fingerprint density at radius 2 is 2.03 bits per heavy atom. The van der Waals surface area contributed by atoms with E-state index in [0.29, 0.717) is 19.0 Å². The highest BCUT2D eigenvalue weighted by atomic mass is 16.6. The van der Waals surface area contributed by atoms with Gasteiger partial charge < -0.3 is 24.4 Å². The lowest BCUT2D eigenvalue weighted by Gasteiger charge is -2.35. The molecule has 4 rings (SSSR count). The van der Waals surface area contributed by atoms with Crippen molar-refractivity contribution < 1.29 is 19.4 Å². The minimum atomic E-state index is -0.640. The lowest BCUT2D eigenvalue weighted by atomic mass is 9.89. The van der Waals surface area contributed by atoms with Crippen LogP contribution < -0.4 is 4.74 Å². The van der Waals surface area contributed by atoms with Gasteiger partial charge in [0, 0.05) is 43.9 Å². The summed E-state index contributed by atoms with van der Waals surface area (Å²) in [5.41, 5.74) is 2.45. The topological polar surface area (TPSA) is 75.1 Å². The number of hydrogen-bond acceptors (Lipinski definition) is 6. The van der Waals surface area contributed by atoms with Crippen LogP contribution in [-0.2, 0) is 11.2 Å². The van der Waals surface area contributed by atoms with Gasteiger partial charge in [-0.3, -0.25) is 4.98 Å². The standard InChI is InChI=1S/C23H31N3O4/c1-23(2,3)30-22(28)26-9-6-15(7-10-26)19-12-17-11-18(24-14-20(17)29-19)16-5-8-25(4)21(27)13-16/h5,8,11,13-15,19,21,27H,6-7,9-10,12H2,1-4H3. The molecule has 0 aromatic carbocycles. The SMILES string of the molecule is CN1C=CC(c2cc3c(cn2)OC(C2CCN(C(=O)OC(C)(C)C)CC2)C3)=CC1O. The molecule has 1 amide bonds. The van der Waals surface area contributed by atoms with Gasteiger partial charge in [-0.2, -0.15) is 0 Å². The molecule has 0 aliphatic carbocycles. The zero-order chi connectivity index (χ0) is 21.5. The van der Waals surface area contributed by atoms with E-state index in [9.17, 15) is 9.90 Å². The molecule has 0 saturated carbocycles. The average Bonchev–Trinajstić information content (AvgIpc) is 3.12. The predicted octanol–water partition coefficient (Wildman–Crippen LogP) is 3.19. The molecule has 162 valence electrons. The molecule has 3 aliphatic rings. The molecule has 1 fully saturated rings. The van der Waals surface area contributed by atoms with Gasteiger partial charge >= 0.3 is 6.09 Å². The van der Waals surface area contributed by atoms with Crippen molar-refractivity contribution in [3.8, 4) is 5.75 Å². The molecule has 7 heteroatoms. The van der Waals surface area contributed by atoms with Crippen LogP contribution in [-0.4, -0.2) is 64.1 Å². The first-order valence-corrected chi connectivity index (χ1v) is 10.6. The van der Waals surface area contributed by atoms with Crippen LogP contribution in [0, 0.1) is 5.92 Å². The van der Waals surface area contributed by atoms with E-state index in [1.165, 1.54) is 0 Å². The summed E-state index contributed by atoms with van der Waals surface area (Å²) in [4.78, 5) is 20.4. The number of piperidine rings is 1. The average molecular weight is 414 g/mol. The highest BCUT2D eigenvalue weighted by Crippen LogP contribution is 2.36. The predicted molar refractivity (Wildman–Crippen MR) is 114 cm³/mol. The smallest absolute Gasteiger partial charge is 0.410 e. The van der Waals surface area contributed by atoms with Crippen LogP contribution in [0.2, 0.25) is 0 Å². The Balaban J connectivity index is 1.36. The summed E-state index contributed by atoms with van der Waals surface area (Å²) in [5.74, 6) is 1.25. The highest BCUT2D eigenvalue weighted by Gasteiger charge is 2.35. The number of carbonyl (C=O) groups excluding carboxylic acids is 1. The van der Waals surface area contributed by atoms with Crippen LogP contribution in [0.4, 0.5) is 4.79 Å². The lowest BCUT2D eigenvalue weighted by Crippen LogP contribution is -2.44. The molecule has 0 radical (unpaired) electrons.